The number of ketones is 1. The van der Waals surface area contributed by atoms with Gasteiger partial charge in [-0.2, -0.15) is 4.72 Å². The van der Waals surface area contributed by atoms with Crippen molar-refractivity contribution in [3.05, 3.63) is 105 Å². The minimum atomic E-state index is -3.99. The first-order chi connectivity index (χ1) is 18.2. The zero-order chi connectivity index (χ0) is 27.4. The van der Waals surface area contributed by atoms with E-state index in [0.29, 0.717) is 11.3 Å². The van der Waals surface area contributed by atoms with E-state index in [1.807, 2.05) is 48.5 Å². The van der Waals surface area contributed by atoms with Crippen molar-refractivity contribution in [1.82, 2.24) is 9.62 Å². The van der Waals surface area contributed by atoms with E-state index in [1.54, 1.807) is 6.92 Å². The molecule has 0 fully saturated rings. The lowest BCUT2D eigenvalue weighted by molar-refractivity contribution is -0.139. The van der Waals surface area contributed by atoms with Gasteiger partial charge in [0.05, 0.1) is 24.2 Å². The van der Waals surface area contributed by atoms with Crippen LogP contribution in [0.4, 0.5) is 0 Å². The second-order valence-electron chi connectivity index (χ2n) is 8.48. The summed E-state index contributed by atoms with van der Waals surface area (Å²) in [5.41, 5.74) is 3.72. The van der Waals surface area contributed by atoms with E-state index in [2.05, 4.69) is 25.4 Å². The molecule has 10 heteroatoms. The lowest BCUT2D eigenvalue weighted by atomic mass is 9.86. The van der Waals surface area contributed by atoms with Crippen LogP contribution in [0.15, 0.2) is 87.9 Å². The zero-order valence-corrected chi connectivity index (χ0v) is 23.1. The van der Waals surface area contributed by atoms with E-state index >= 15 is 0 Å². The number of allylic oxidation sites excluding steroid dienone is 1. The van der Waals surface area contributed by atoms with Crippen molar-refractivity contribution in [2.75, 3.05) is 13.7 Å². The number of sulfonamides is 1. The van der Waals surface area contributed by atoms with Gasteiger partial charge in [-0.15, -0.1) is 0 Å². The number of amides is 1. The van der Waals surface area contributed by atoms with Gasteiger partial charge in [0.15, 0.2) is 5.78 Å². The molecule has 1 heterocycles. The summed E-state index contributed by atoms with van der Waals surface area (Å²) in [6.07, 6.45) is 0.196. The van der Waals surface area contributed by atoms with E-state index in [4.69, 9.17) is 0 Å². The number of hydrogen-bond acceptors (Lipinski definition) is 6. The molecule has 38 heavy (non-hydrogen) atoms. The molecule has 196 valence electrons. The van der Waals surface area contributed by atoms with Gasteiger partial charge in [0.25, 0.3) is 5.91 Å². The fourth-order valence-corrected chi connectivity index (χ4v) is 5.53. The van der Waals surface area contributed by atoms with E-state index in [1.165, 1.54) is 29.2 Å². The van der Waals surface area contributed by atoms with Crippen LogP contribution in [0.25, 0.3) is 5.57 Å². The Morgan fingerprint density at radius 2 is 1.68 bits per heavy atom. The Morgan fingerprint density at radius 1 is 1.00 bits per heavy atom. The Labute approximate surface area is 229 Å². The molecule has 3 aromatic rings. The van der Waals surface area contributed by atoms with Crippen molar-refractivity contribution in [3.63, 3.8) is 0 Å². The number of methoxy groups -OCH3 is 1. The quantitative estimate of drug-likeness (QED) is 0.388. The molecule has 0 spiro atoms. The predicted molar refractivity (Wildman–Crippen MR) is 145 cm³/mol. The average molecular weight is 597 g/mol. The molecular weight excluding hydrogens is 572 g/mol. The topological polar surface area (TPSA) is 110 Å². The highest BCUT2D eigenvalue weighted by Crippen LogP contribution is 2.39. The van der Waals surface area contributed by atoms with Crippen molar-refractivity contribution in [3.8, 4) is 0 Å². The summed E-state index contributed by atoms with van der Waals surface area (Å²) in [5.74, 6) is -1.35. The normalized spacial score (nSPS) is 13.2. The summed E-state index contributed by atoms with van der Waals surface area (Å²) in [6, 6.07) is 20.5. The fraction of sp³-hybridized carbons (Fsp3) is 0.179. The first-order valence-corrected chi connectivity index (χ1v) is 14.0. The summed E-state index contributed by atoms with van der Waals surface area (Å²) in [4.78, 5) is 39.8. The van der Waals surface area contributed by atoms with Gasteiger partial charge >= 0.3 is 5.97 Å². The Hall–Kier alpha value is -3.60. The number of esters is 1. The molecule has 8 nitrogen and oxygen atoms in total. The van der Waals surface area contributed by atoms with Crippen LogP contribution in [-0.2, 0) is 30.9 Å². The third-order valence-electron chi connectivity index (χ3n) is 6.12. The van der Waals surface area contributed by atoms with E-state index < -0.39 is 28.4 Å². The van der Waals surface area contributed by atoms with Crippen molar-refractivity contribution < 1.29 is 27.5 Å². The largest absolute Gasteiger partial charge is 0.468 e. The van der Waals surface area contributed by atoms with Gasteiger partial charge in [-0.25, -0.2) is 8.42 Å². The van der Waals surface area contributed by atoms with Crippen LogP contribution in [0.5, 0.6) is 0 Å². The number of halogens is 1. The SMILES string of the molecule is CCC(=O)C1=C(c2ccccc2)c2cc(Br)ccc2CN1C(=O)c1ccc(S(=O)(=O)NCC(=O)OC)cc1. The summed E-state index contributed by atoms with van der Waals surface area (Å²) in [6.45, 7) is 1.41. The van der Waals surface area contributed by atoms with Crippen molar-refractivity contribution >= 4 is 49.2 Å². The zero-order valence-electron chi connectivity index (χ0n) is 20.7. The van der Waals surface area contributed by atoms with Crippen LogP contribution < -0.4 is 4.72 Å². The third-order valence-corrected chi connectivity index (χ3v) is 8.03. The minimum absolute atomic E-state index is 0.114. The molecule has 4 rings (SSSR count). The monoisotopic (exact) mass is 596 g/mol. The number of benzene rings is 3. The number of fused-ring (bicyclic) bond motifs is 1. The molecule has 3 aromatic carbocycles. The first-order valence-electron chi connectivity index (χ1n) is 11.8. The Morgan fingerprint density at radius 3 is 2.32 bits per heavy atom. The van der Waals surface area contributed by atoms with Gasteiger partial charge in [0.1, 0.15) is 6.54 Å². The molecule has 0 aromatic heterocycles. The Kier molecular flexibility index (Phi) is 8.25. The van der Waals surface area contributed by atoms with Crippen LogP contribution in [0, 0.1) is 0 Å². The number of carbonyl (C=O) groups is 3. The van der Waals surface area contributed by atoms with Crippen LogP contribution in [0.2, 0.25) is 0 Å². The van der Waals surface area contributed by atoms with Gasteiger partial charge in [0.2, 0.25) is 10.0 Å². The highest BCUT2D eigenvalue weighted by Gasteiger charge is 2.33. The molecule has 0 aliphatic carbocycles. The van der Waals surface area contributed by atoms with Gasteiger partial charge in [-0.3, -0.25) is 19.3 Å². The third kappa shape index (κ3) is 5.62. The molecular formula is C28H25BrN2O6S. The maximum Gasteiger partial charge on any atom is 0.320 e. The summed E-state index contributed by atoms with van der Waals surface area (Å²) < 4.78 is 32.5. The number of rotatable bonds is 8. The van der Waals surface area contributed by atoms with Crippen LogP contribution in [0.1, 0.15) is 40.4 Å². The fourth-order valence-electron chi connectivity index (χ4n) is 4.20. The van der Waals surface area contributed by atoms with Gasteiger partial charge < -0.3 is 4.74 Å². The van der Waals surface area contributed by atoms with Gasteiger partial charge in [-0.1, -0.05) is 59.3 Å². The molecule has 0 saturated carbocycles. The molecule has 0 bridgehead atoms. The van der Waals surface area contributed by atoms with Gasteiger partial charge in [-0.05, 0) is 53.1 Å². The maximum atomic E-state index is 13.8. The van der Waals surface area contributed by atoms with E-state index in [0.717, 1.165) is 28.3 Å². The molecule has 1 aliphatic rings. The number of Topliss-reactive ketones (excluding diaryl/α,β-unsaturated/α-hetero) is 1. The standard InChI is InChI=1S/C28H25BrN2O6S/c1-3-24(32)27-26(18-7-5-4-6-8-18)23-15-21(29)12-9-20(23)17-31(27)28(34)19-10-13-22(14-11-19)38(35,36)30-16-25(33)37-2/h4-15,30H,3,16-17H2,1-2H3. The predicted octanol–water partition coefficient (Wildman–Crippen LogP) is 4.29. The summed E-state index contributed by atoms with van der Waals surface area (Å²) >= 11 is 3.52. The smallest absolute Gasteiger partial charge is 0.320 e. The maximum absolute atomic E-state index is 13.8. The average Bonchev–Trinajstić information content (AvgIpc) is 2.94. The molecule has 1 amide bonds. The van der Waals surface area contributed by atoms with Crippen molar-refractivity contribution in [2.45, 2.75) is 24.8 Å². The highest BCUT2D eigenvalue weighted by molar-refractivity contribution is 9.10. The van der Waals surface area contributed by atoms with Crippen molar-refractivity contribution in [1.29, 1.82) is 0 Å². The van der Waals surface area contributed by atoms with Crippen LogP contribution >= 0.6 is 15.9 Å². The number of nitrogens with zero attached hydrogens (tertiary/aromatic N) is 1. The lowest BCUT2D eigenvalue weighted by Gasteiger charge is -2.33. The summed E-state index contributed by atoms with van der Waals surface area (Å²) in [5, 5.41) is 0. The minimum Gasteiger partial charge on any atom is -0.468 e. The molecule has 0 atom stereocenters. The Balaban J connectivity index is 1.77. The molecule has 1 aliphatic heterocycles. The lowest BCUT2D eigenvalue weighted by Crippen LogP contribution is -2.37. The molecule has 0 unspecified atom stereocenters. The number of ether oxygens (including phenoxy) is 1. The van der Waals surface area contributed by atoms with Gasteiger partial charge in [0, 0.05) is 22.0 Å². The highest BCUT2D eigenvalue weighted by atomic mass is 79.9. The first kappa shape index (κ1) is 27.4. The number of carbonyl (C=O) groups excluding carboxylic acids is 3. The van der Waals surface area contributed by atoms with Crippen molar-refractivity contribution in [2.24, 2.45) is 0 Å². The molecule has 1 N–H and O–H groups in total. The van der Waals surface area contributed by atoms with Crippen LogP contribution in [-0.4, -0.2) is 44.6 Å². The number of nitrogens with one attached hydrogen (secondary N) is 1. The van der Waals surface area contributed by atoms with Crippen LogP contribution in [0.3, 0.4) is 0 Å². The summed E-state index contributed by atoms with van der Waals surface area (Å²) in [7, 11) is -2.84. The number of hydrogen-bond donors (Lipinski definition) is 1. The second-order valence-corrected chi connectivity index (χ2v) is 11.2. The molecule has 0 radical (unpaired) electrons. The molecule has 0 saturated heterocycles. The van der Waals surface area contributed by atoms with E-state index in [9.17, 15) is 22.8 Å². The second kappa shape index (κ2) is 11.4. The Bertz CT molecular complexity index is 1530. The van der Waals surface area contributed by atoms with E-state index in [-0.39, 0.29) is 29.2 Å².